The van der Waals surface area contributed by atoms with E-state index in [9.17, 15) is 9.59 Å². The molecule has 0 bridgehead atoms. The molecule has 1 aromatic heterocycles. The first kappa shape index (κ1) is 14.7. The third-order valence-electron chi connectivity index (χ3n) is 3.31. The Labute approximate surface area is 121 Å². The number of hydrogen-bond donors (Lipinski definition) is 2. The summed E-state index contributed by atoms with van der Waals surface area (Å²) in [6, 6.07) is 3.51. The van der Waals surface area contributed by atoms with Crippen molar-refractivity contribution in [2.24, 2.45) is 0 Å². The van der Waals surface area contributed by atoms with E-state index in [2.05, 4.69) is 5.32 Å². The highest BCUT2D eigenvalue weighted by atomic mass is 32.1. The van der Waals surface area contributed by atoms with Crippen molar-refractivity contribution in [2.75, 3.05) is 7.11 Å². The zero-order valence-corrected chi connectivity index (χ0v) is 12.0. The number of amides is 1. The molecular weight excluding hydrogens is 278 g/mol. The van der Waals surface area contributed by atoms with Crippen molar-refractivity contribution in [3.8, 4) is 0 Å². The second kappa shape index (κ2) is 6.67. The van der Waals surface area contributed by atoms with Crippen LogP contribution in [0.2, 0.25) is 0 Å². The second-order valence-electron chi connectivity index (χ2n) is 4.66. The zero-order chi connectivity index (χ0) is 14.5. The molecule has 0 aromatic carbocycles. The van der Waals surface area contributed by atoms with Gasteiger partial charge in [0.2, 0.25) is 0 Å². The highest BCUT2D eigenvalue weighted by Gasteiger charge is 2.28. The Balaban J connectivity index is 1.97. The Kier molecular flexibility index (Phi) is 4.92. The lowest BCUT2D eigenvalue weighted by molar-refractivity contribution is -0.131. The van der Waals surface area contributed by atoms with E-state index in [-0.39, 0.29) is 18.1 Å². The van der Waals surface area contributed by atoms with E-state index in [1.54, 1.807) is 19.2 Å². The molecule has 2 rings (SSSR count). The van der Waals surface area contributed by atoms with Crippen molar-refractivity contribution >= 4 is 29.3 Å². The maximum Gasteiger partial charge on any atom is 0.328 e. The molecule has 0 spiro atoms. The van der Waals surface area contributed by atoms with Crippen LogP contribution in [0.3, 0.4) is 0 Å². The lowest BCUT2D eigenvalue weighted by atomic mass is 10.2. The first-order valence-corrected chi connectivity index (χ1v) is 7.26. The van der Waals surface area contributed by atoms with Gasteiger partial charge in [-0.15, -0.1) is 11.3 Å². The van der Waals surface area contributed by atoms with Gasteiger partial charge in [-0.05, 0) is 37.5 Å². The van der Waals surface area contributed by atoms with E-state index in [0.717, 1.165) is 30.2 Å². The highest BCUT2D eigenvalue weighted by Crippen LogP contribution is 2.23. The third kappa shape index (κ3) is 3.68. The average Bonchev–Trinajstić information content (AvgIpc) is 3.04. The molecule has 2 unspecified atom stereocenters. The van der Waals surface area contributed by atoms with Crippen LogP contribution in [0, 0.1) is 0 Å². The van der Waals surface area contributed by atoms with Crippen LogP contribution in [-0.4, -0.2) is 36.2 Å². The molecule has 1 aliphatic carbocycles. The van der Waals surface area contributed by atoms with Crippen LogP contribution in [0.15, 0.2) is 18.2 Å². The molecule has 0 aliphatic heterocycles. The average molecular weight is 295 g/mol. The molecule has 1 heterocycles. The van der Waals surface area contributed by atoms with Crippen molar-refractivity contribution in [3.63, 3.8) is 0 Å². The van der Waals surface area contributed by atoms with Crippen LogP contribution in [0.4, 0.5) is 0 Å². The van der Waals surface area contributed by atoms with E-state index >= 15 is 0 Å². The minimum atomic E-state index is -1.00. The van der Waals surface area contributed by atoms with Crippen LogP contribution in [0.25, 0.3) is 6.08 Å². The molecule has 6 heteroatoms. The van der Waals surface area contributed by atoms with Gasteiger partial charge in [0.05, 0.1) is 17.0 Å². The molecule has 5 nitrogen and oxygen atoms in total. The summed E-state index contributed by atoms with van der Waals surface area (Å²) in [4.78, 5) is 23.9. The van der Waals surface area contributed by atoms with Crippen LogP contribution in [0.1, 0.15) is 33.8 Å². The van der Waals surface area contributed by atoms with Crippen molar-refractivity contribution in [1.29, 1.82) is 0 Å². The number of rotatable bonds is 5. The summed E-state index contributed by atoms with van der Waals surface area (Å²) in [5, 5.41) is 11.5. The quantitative estimate of drug-likeness (QED) is 0.816. The van der Waals surface area contributed by atoms with Crippen LogP contribution in [-0.2, 0) is 9.53 Å². The van der Waals surface area contributed by atoms with Gasteiger partial charge in [-0.3, -0.25) is 4.79 Å². The summed E-state index contributed by atoms with van der Waals surface area (Å²) in [5.41, 5.74) is 0. The molecule has 108 valence electrons. The maximum absolute atomic E-state index is 12.1. The van der Waals surface area contributed by atoms with Crippen molar-refractivity contribution in [2.45, 2.75) is 31.4 Å². The monoisotopic (exact) mass is 295 g/mol. The zero-order valence-electron chi connectivity index (χ0n) is 11.2. The molecule has 0 saturated heterocycles. The van der Waals surface area contributed by atoms with E-state index < -0.39 is 5.97 Å². The van der Waals surface area contributed by atoms with Gasteiger partial charge < -0.3 is 15.2 Å². The van der Waals surface area contributed by atoms with E-state index in [4.69, 9.17) is 9.84 Å². The molecule has 2 atom stereocenters. The number of carbonyl (C=O) groups excluding carboxylic acids is 1. The fourth-order valence-corrected chi connectivity index (χ4v) is 3.14. The molecule has 1 saturated carbocycles. The number of methoxy groups -OCH3 is 1. The van der Waals surface area contributed by atoms with Gasteiger partial charge in [0.25, 0.3) is 5.91 Å². The Hall–Kier alpha value is -1.66. The van der Waals surface area contributed by atoms with Crippen LogP contribution < -0.4 is 5.32 Å². The van der Waals surface area contributed by atoms with E-state index in [1.807, 2.05) is 0 Å². The standard InChI is InChI=1S/C14H17NO4S/c1-19-11-4-2-3-10(11)15-14(18)12-7-5-9(20-12)6-8-13(16)17/h5-8,10-11H,2-4H2,1H3,(H,15,18)(H,16,17). The fraction of sp³-hybridized carbons (Fsp3) is 0.429. The molecule has 1 aliphatic rings. The number of thiophene rings is 1. The lowest BCUT2D eigenvalue weighted by Crippen LogP contribution is -2.40. The largest absolute Gasteiger partial charge is 0.478 e. The van der Waals surface area contributed by atoms with Crippen molar-refractivity contribution < 1.29 is 19.4 Å². The van der Waals surface area contributed by atoms with Crippen LogP contribution in [0.5, 0.6) is 0 Å². The molecule has 0 radical (unpaired) electrons. The number of nitrogens with one attached hydrogen (secondary N) is 1. The topological polar surface area (TPSA) is 75.6 Å². The van der Waals surface area contributed by atoms with Gasteiger partial charge in [0.1, 0.15) is 0 Å². The lowest BCUT2D eigenvalue weighted by Gasteiger charge is -2.19. The Morgan fingerprint density at radius 3 is 2.95 bits per heavy atom. The molecule has 1 amide bonds. The first-order valence-electron chi connectivity index (χ1n) is 6.44. The SMILES string of the molecule is COC1CCCC1NC(=O)c1ccc(C=CC(=O)O)s1. The number of carbonyl (C=O) groups is 2. The highest BCUT2D eigenvalue weighted by molar-refractivity contribution is 7.14. The first-order chi connectivity index (χ1) is 9.60. The van der Waals surface area contributed by atoms with Gasteiger partial charge >= 0.3 is 5.97 Å². The number of ether oxygens (including phenoxy) is 1. The molecular formula is C14H17NO4S. The number of carboxylic acid groups (broad SMARTS) is 1. The predicted molar refractivity (Wildman–Crippen MR) is 76.9 cm³/mol. The van der Waals surface area contributed by atoms with Crippen LogP contribution >= 0.6 is 11.3 Å². The van der Waals surface area contributed by atoms with Gasteiger partial charge in [0, 0.05) is 18.1 Å². The van der Waals surface area contributed by atoms with E-state index in [0.29, 0.717) is 4.88 Å². The summed E-state index contributed by atoms with van der Waals surface area (Å²) in [5.74, 6) is -1.13. The molecule has 2 N–H and O–H groups in total. The van der Waals surface area contributed by atoms with Gasteiger partial charge in [-0.25, -0.2) is 4.79 Å². The number of hydrogen-bond acceptors (Lipinski definition) is 4. The molecule has 1 fully saturated rings. The fourth-order valence-electron chi connectivity index (χ4n) is 2.33. The number of aliphatic carboxylic acids is 1. The summed E-state index contributed by atoms with van der Waals surface area (Å²) < 4.78 is 5.34. The summed E-state index contributed by atoms with van der Waals surface area (Å²) in [7, 11) is 1.66. The van der Waals surface area contributed by atoms with Crippen molar-refractivity contribution in [3.05, 3.63) is 28.0 Å². The number of carboxylic acids is 1. The predicted octanol–water partition coefficient (Wildman–Crippen LogP) is 2.14. The van der Waals surface area contributed by atoms with Gasteiger partial charge in [-0.2, -0.15) is 0 Å². The summed E-state index contributed by atoms with van der Waals surface area (Å²) in [6.07, 6.45) is 5.59. The Bertz CT molecular complexity index is 523. The Morgan fingerprint density at radius 2 is 2.25 bits per heavy atom. The van der Waals surface area contributed by atoms with E-state index in [1.165, 1.54) is 17.4 Å². The third-order valence-corrected chi connectivity index (χ3v) is 4.36. The Morgan fingerprint density at radius 1 is 1.45 bits per heavy atom. The molecule has 1 aromatic rings. The van der Waals surface area contributed by atoms with Gasteiger partial charge in [-0.1, -0.05) is 0 Å². The summed E-state index contributed by atoms with van der Waals surface area (Å²) >= 11 is 1.27. The normalized spacial score (nSPS) is 22.2. The maximum atomic E-state index is 12.1. The minimum absolute atomic E-state index is 0.0626. The minimum Gasteiger partial charge on any atom is -0.478 e. The molecule has 20 heavy (non-hydrogen) atoms. The van der Waals surface area contributed by atoms with Gasteiger partial charge in [0.15, 0.2) is 0 Å². The van der Waals surface area contributed by atoms with Crippen molar-refractivity contribution in [1.82, 2.24) is 5.32 Å². The smallest absolute Gasteiger partial charge is 0.328 e. The summed E-state index contributed by atoms with van der Waals surface area (Å²) in [6.45, 7) is 0. The second-order valence-corrected chi connectivity index (χ2v) is 5.77.